The standard InChI is InChI=1S/C14H17BrN4S/c1-8-4-12(13(14(16)17)9(2)18-8)19(3)6-11-5-10(15)7-20-11/h4-5,7H,6H2,1-3H3,(H3,16,17). The maximum Gasteiger partial charge on any atom is 0.126 e. The molecule has 0 fully saturated rings. The quantitative estimate of drug-likeness (QED) is 0.654. The average Bonchev–Trinajstić information content (AvgIpc) is 2.72. The molecule has 0 amide bonds. The zero-order valence-corrected chi connectivity index (χ0v) is 14.1. The zero-order valence-electron chi connectivity index (χ0n) is 11.7. The van der Waals surface area contributed by atoms with Crippen molar-refractivity contribution in [1.29, 1.82) is 5.41 Å². The van der Waals surface area contributed by atoms with Crippen molar-refractivity contribution in [3.8, 4) is 0 Å². The van der Waals surface area contributed by atoms with Gasteiger partial charge in [0.05, 0.1) is 23.5 Å². The van der Waals surface area contributed by atoms with E-state index in [9.17, 15) is 0 Å². The van der Waals surface area contributed by atoms with E-state index in [2.05, 4.69) is 37.3 Å². The second-order valence-corrected chi connectivity index (χ2v) is 6.66. The Labute approximate surface area is 131 Å². The summed E-state index contributed by atoms with van der Waals surface area (Å²) in [5.41, 5.74) is 9.11. The van der Waals surface area contributed by atoms with Crippen LogP contribution in [-0.2, 0) is 6.54 Å². The van der Waals surface area contributed by atoms with Gasteiger partial charge in [-0.05, 0) is 41.9 Å². The van der Waals surface area contributed by atoms with E-state index >= 15 is 0 Å². The van der Waals surface area contributed by atoms with Crippen molar-refractivity contribution in [2.24, 2.45) is 5.73 Å². The van der Waals surface area contributed by atoms with Crippen LogP contribution in [0.5, 0.6) is 0 Å². The lowest BCUT2D eigenvalue weighted by Gasteiger charge is -2.23. The van der Waals surface area contributed by atoms with Gasteiger partial charge >= 0.3 is 0 Å². The number of nitrogens with two attached hydrogens (primary N) is 1. The SMILES string of the molecule is Cc1cc(N(C)Cc2cc(Br)cs2)c(C(=N)N)c(C)n1. The van der Waals surface area contributed by atoms with Gasteiger partial charge in [-0.25, -0.2) is 0 Å². The number of rotatable bonds is 4. The molecule has 4 nitrogen and oxygen atoms in total. The Morgan fingerprint density at radius 1 is 1.45 bits per heavy atom. The van der Waals surface area contributed by atoms with Crippen LogP contribution in [0.1, 0.15) is 21.8 Å². The van der Waals surface area contributed by atoms with Gasteiger partial charge in [0, 0.05) is 27.5 Å². The number of hydrogen-bond donors (Lipinski definition) is 2. The number of nitrogen functional groups attached to an aromatic ring is 1. The van der Waals surface area contributed by atoms with Gasteiger partial charge in [0.15, 0.2) is 0 Å². The number of anilines is 1. The number of halogens is 1. The van der Waals surface area contributed by atoms with Gasteiger partial charge in [-0.15, -0.1) is 11.3 Å². The van der Waals surface area contributed by atoms with E-state index in [0.717, 1.165) is 28.1 Å². The molecule has 0 aromatic carbocycles. The highest BCUT2D eigenvalue weighted by atomic mass is 79.9. The molecule has 0 aliphatic rings. The van der Waals surface area contributed by atoms with Crippen molar-refractivity contribution in [2.75, 3.05) is 11.9 Å². The van der Waals surface area contributed by atoms with E-state index in [1.54, 1.807) is 11.3 Å². The predicted molar refractivity (Wildman–Crippen MR) is 88.9 cm³/mol. The summed E-state index contributed by atoms with van der Waals surface area (Å²) >= 11 is 5.17. The third-order valence-electron chi connectivity index (χ3n) is 3.00. The molecule has 0 radical (unpaired) electrons. The maximum absolute atomic E-state index is 7.77. The van der Waals surface area contributed by atoms with Gasteiger partial charge in [0.25, 0.3) is 0 Å². The van der Waals surface area contributed by atoms with Crippen LogP contribution in [0.3, 0.4) is 0 Å². The molecule has 2 heterocycles. The van der Waals surface area contributed by atoms with Crippen LogP contribution in [0.2, 0.25) is 0 Å². The predicted octanol–water partition coefficient (Wildman–Crippen LogP) is 3.44. The number of nitrogens with one attached hydrogen (secondary N) is 1. The molecule has 0 bridgehead atoms. The third-order valence-corrected chi connectivity index (χ3v) is 4.69. The molecule has 20 heavy (non-hydrogen) atoms. The van der Waals surface area contributed by atoms with E-state index in [1.807, 2.05) is 27.0 Å². The van der Waals surface area contributed by atoms with Crippen molar-refractivity contribution >= 4 is 38.8 Å². The molecule has 106 valence electrons. The number of aryl methyl sites for hydroxylation is 2. The van der Waals surface area contributed by atoms with Crippen LogP contribution >= 0.6 is 27.3 Å². The first kappa shape index (κ1) is 15.0. The molecule has 0 saturated carbocycles. The van der Waals surface area contributed by atoms with Gasteiger partial charge in [0.1, 0.15) is 5.84 Å². The normalized spacial score (nSPS) is 10.6. The van der Waals surface area contributed by atoms with Crippen LogP contribution in [0, 0.1) is 19.3 Å². The molecule has 2 rings (SSSR count). The molecule has 0 aliphatic carbocycles. The van der Waals surface area contributed by atoms with Crippen molar-refractivity contribution in [3.63, 3.8) is 0 Å². The molecule has 3 N–H and O–H groups in total. The fraction of sp³-hybridized carbons (Fsp3) is 0.286. The summed E-state index contributed by atoms with van der Waals surface area (Å²) in [6.07, 6.45) is 0. The Balaban J connectivity index is 2.38. The summed E-state index contributed by atoms with van der Waals surface area (Å²) in [4.78, 5) is 7.76. The van der Waals surface area contributed by atoms with Crippen LogP contribution in [0.4, 0.5) is 5.69 Å². The number of thiophene rings is 1. The highest BCUT2D eigenvalue weighted by Crippen LogP contribution is 2.27. The smallest absolute Gasteiger partial charge is 0.126 e. The fourth-order valence-electron chi connectivity index (χ4n) is 2.20. The van der Waals surface area contributed by atoms with Crippen molar-refractivity contribution in [2.45, 2.75) is 20.4 Å². The summed E-state index contributed by atoms with van der Waals surface area (Å²) in [6.45, 7) is 4.62. The van der Waals surface area contributed by atoms with Crippen molar-refractivity contribution in [1.82, 2.24) is 4.98 Å². The Hall–Kier alpha value is -1.40. The van der Waals surface area contributed by atoms with Crippen molar-refractivity contribution in [3.05, 3.63) is 43.8 Å². The summed E-state index contributed by atoms with van der Waals surface area (Å²) in [5, 5.41) is 9.84. The maximum atomic E-state index is 7.77. The zero-order chi connectivity index (χ0) is 14.9. The Kier molecular flexibility index (Phi) is 4.45. The second kappa shape index (κ2) is 5.93. The monoisotopic (exact) mass is 352 g/mol. The molecule has 2 aromatic rings. The number of amidine groups is 1. The highest BCUT2D eigenvalue weighted by Gasteiger charge is 2.15. The summed E-state index contributed by atoms with van der Waals surface area (Å²) < 4.78 is 1.10. The van der Waals surface area contributed by atoms with E-state index in [4.69, 9.17) is 11.1 Å². The lowest BCUT2D eigenvalue weighted by Crippen LogP contribution is -2.23. The second-order valence-electron chi connectivity index (χ2n) is 4.74. The average molecular weight is 353 g/mol. The Morgan fingerprint density at radius 3 is 2.70 bits per heavy atom. The molecule has 0 saturated heterocycles. The van der Waals surface area contributed by atoms with Gasteiger partial charge in [-0.3, -0.25) is 10.4 Å². The first-order valence-corrected chi connectivity index (χ1v) is 7.82. The van der Waals surface area contributed by atoms with Crippen LogP contribution in [0.25, 0.3) is 0 Å². The number of nitrogens with zero attached hydrogens (tertiary/aromatic N) is 2. The van der Waals surface area contributed by atoms with Gasteiger partial charge < -0.3 is 10.6 Å². The summed E-state index contributed by atoms with van der Waals surface area (Å²) in [5.74, 6) is 0.0595. The lowest BCUT2D eigenvalue weighted by molar-refractivity contribution is 0.926. The van der Waals surface area contributed by atoms with Crippen LogP contribution in [0.15, 0.2) is 22.0 Å². The molecule has 0 aliphatic heterocycles. The Morgan fingerprint density at radius 2 is 2.15 bits per heavy atom. The number of pyridine rings is 1. The van der Waals surface area contributed by atoms with Gasteiger partial charge in [-0.1, -0.05) is 0 Å². The topological polar surface area (TPSA) is 66.0 Å². The molecular weight excluding hydrogens is 336 g/mol. The minimum atomic E-state index is 0.0595. The van der Waals surface area contributed by atoms with Crippen molar-refractivity contribution < 1.29 is 0 Å². The largest absolute Gasteiger partial charge is 0.384 e. The molecule has 2 aromatic heterocycles. The summed E-state index contributed by atoms with van der Waals surface area (Å²) in [7, 11) is 2.01. The van der Waals surface area contributed by atoms with E-state index in [0.29, 0.717) is 5.56 Å². The fourth-order valence-corrected chi connectivity index (χ4v) is 3.70. The Bertz CT molecular complexity index is 651. The van der Waals surface area contributed by atoms with Crippen LogP contribution in [-0.4, -0.2) is 17.9 Å². The lowest BCUT2D eigenvalue weighted by atomic mass is 10.1. The third kappa shape index (κ3) is 3.19. The number of hydrogen-bond acceptors (Lipinski definition) is 4. The van der Waals surface area contributed by atoms with Crippen LogP contribution < -0.4 is 10.6 Å². The first-order valence-electron chi connectivity index (χ1n) is 6.15. The first-order chi connectivity index (χ1) is 9.38. The molecule has 6 heteroatoms. The minimum Gasteiger partial charge on any atom is -0.384 e. The molecule has 0 atom stereocenters. The van der Waals surface area contributed by atoms with E-state index in [-0.39, 0.29) is 5.84 Å². The molecular formula is C14H17BrN4S. The number of aromatic nitrogens is 1. The molecule has 0 unspecified atom stereocenters. The molecule has 0 spiro atoms. The van der Waals surface area contributed by atoms with Gasteiger partial charge in [-0.2, -0.15) is 0 Å². The van der Waals surface area contributed by atoms with E-state index in [1.165, 1.54) is 4.88 Å². The summed E-state index contributed by atoms with van der Waals surface area (Å²) in [6, 6.07) is 4.09. The minimum absolute atomic E-state index is 0.0595. The van der Waals surface area contributed by atoms with E-state index < -0.39 is 0 Å². The highest BCUT2D eigenvalue weighted by molar-refractivity contribution is 9.10. The van der Waals surface area contributed by atoms with Gasteiger partial charge in [0.2, 0.25) is 0 Å².